The van der Waals surface area contributed by atoms with Gasteiger partial charge in [0.1, 0.15) is 5.82 Å². The van der Waals surface area contributed by atoms with E-state index in [1.165, 1.54) is 11.1 Å². The highest BCUT2D eigenvalue weighted by molar-refractivity contribution is 6.30. The molecule has 192 valence electrons. The highest BCUT2D eigenvalue weighted by atomic mass is 35.5. The Morgan fingerprint density at radius 3 is 2.74 bits per heavy atom. The maximum atomic E-state index is 13.4. The second-order valence-electron chi connectivity index (χ2n) is 10.0. The van der Waals surface area contributed by atoms with Crippen LogP contribution >= 0.6 is 11.6 Å². The Hall–Kier alpha value is -3.90. The number of nitrogens with zero attached hydrogens (tertiary/aromatic N) is 4. The van der Waals surface area contributed by atoms with Gasteiger partial charge in [0.15, 0.2) is 0 Å². The number of pyridine rings is 2. The van der Waals surface area contributed by atoms with Crippen molar-refractivity contribution in [3.63, 3.8) is 0 Å². The Labute approximate surface area is 228 Å². The number of anilines is 2. The molecule has 38 heavy (non-hydrogen) atoms. The molecule has 2 aromatic heterocycles. The Kier molecular flexibility index (Phi) is 6.73. The fraction of sp³-hybridized carbons (Fsp3) is 0.258. The molecule has 2 aromatic carbocycles. The SMILES string of the molecule is Cc1ccc(Cl)cc1CN1CCNc2ncc(-c3ccc(C(=O)N4CCCC4c4cccnc4)cc3)cc21. The second-order valence-corrected chi connectivity index (χ2v) is 10.5. The molecule has 1 N–H and O–H groups in total. The van der Waals surface area contributed by atoms with Gasteiger partial charge in [-0.2, -0.15) is 0 Å². The van der Waals surface area contributed by atoms with Gasteiger partial charge in [0.2, 0.25) is 0 Å². The average Bonchev–Trinajstić information content (AvgIpc) is 3.45. The van der Waals surface area contributed by atoms with Gasteiger partial charge in [-0.25, -0.2) is 4.98 Å². The minimum absolute atomic E-state index is 0.0683. The van der Waals surface area contributed by atoms with Crippen molar-refractivity contribution in [2.24, 2.45) is 0 Å². The molecule has 1 saturated heterocycles. The second kappa shape index (κ2) is 10.5. The zero-order valence-electron chi connectivity index (χ0n) is 21.4. The van der Waals surface area contributed by atoms with Crippen LogP contribution in [-0.4, -0.2) is 40.4 Å². The lowest BCUT2D eigenvalue weighted by Gasteiger charge is -2.32. The van der Waals surface area contributed by atoms with Crippen molar-refractivity contribution in [1.82, 2.24) is 14.9 Å². The van der Waals surface area contributed by atoms with Gasteiger partial charge in [0.05, 0.1) is 11.7 Å². The Bertz CT molecular complexity index is 1460. The first kappa shape index (κ1) is 24.4. The Morgan fingerprint density at radius 2 is 1.92 bits per heavy atom. The lowest BCUT2D eigenvalue weighted by atomic mass is 10.0. The van der Waals surface area contributed by atoms with Crippen molar-refractivity contribution < 1.29 is 4.79 Å². The van der Waals surface area contributed by atoms with Crippen LogP contribution in [0.15, 0.2) is 79.3 Å². The van der Waals surface area contributed by atoms with Gasteiger partial charge in [-0.15, -0.1) is 0 Å². The van der Waals surface area contributed by atoms with Crippen LogP contribution in [0, 0.1) is 6.92 Å². The predicted molar refractivity (Wildman–Crippen MR) is 153 cm³/mol. The highest BCUT2D eigenvalue weighted by Crippen LogP contribution is 2.35. The summed E-state index contributed by atoms with van der Waals surface area (Å²) in [5.41, 5.74) is 7.37. The number of aryl methyl sites for hydroxylation is 1. The molecule has 1 unspecified atom stereocenters. The summed E-state index contributed by atoms with van der Waals surface area (Å²) < 4.78 is 0. The standard InChI is InChI=1S/C31H30ClN5O/c1-21-6-11-27(32)16-26(21)20-36-15-13-34-30-29(36)17-25(19-35-30)22-7-9-23(10-8-22)31(38)37-14-3-5-28(37)24-4-2-12-33-18-24/h2,4,6-12,16-19,28H,3,5,13-15,20H2,1H3,(H,34,35). The summed E-state index contributed by atoms with van der Waals surface area (Å²) in [6, 6.07) is 20.2. The van der Waals surface area contributed by atoms with Crippen molar-refractivity contribution in [2.45, 2.75) is 32.4 Å². The van der Waals surface area contributed by atoms with Crippen molar-refractivity contribution in [1.29, 1.82) is 0 Å². The number of benzene rings is 2. The quantitative estimate of drug-likeness (QED) is 0.323. The first-order chi connectivity index (χ1) is 18.6. The van der Waals surface area contributed by atoms with Crippen molar-refractivity contribution in [3.8, 4) is 11.1 Å². The smallest absolute Gasteiger partial charge is 0.254 e. The summed E-state index contributed by atoms with van der Waals surface area (Å²) >= 11 is 6.28. The molecule has 0 aliphatic carbocycles. The van der Waals surface area contributed by atoms with Crippen molar-refractivity contribution >= 4 is 29.0 Å². The summed E-state index contributed by atoms with van der Waals surface area (Å²) in [5, 5.41) is 4.18. The number of aromatic nitrogens is 2. The van der Waals surface area contributed by atoms with Gasteiger partial charge in [0.25, 0.3) is 5.91 Å². The number of hydrogen-bond donors (Lipinski definition) is 1. The third kappa shape index (κ3) is 4.84. The lowest BCUT2D eigenvalue weighted by molar-refractivity contribution is 0.0735. The predicted octanol–water partition coefficient (Wildman–Crippen LogP) is 6.51. The molecule has 0 saturated carbocycles. The van der Waals surface area contributed by atoms with E-state index in [1.807, 2.05) is 59.8 Å². The first-order valence-corrected chi connectivity index (χ1v) is 13.5. The number of carbonyl (C=O) groups excluding carboxylic acids is 1. The maximum absolute atomic E-state index is 13.4. The molecule has 0 bridgehead atoms. The van der Waals surface area contributed by atoms with E-state index in [1.54, 1.807) is 6.20 Å². The van der Waals surface area contributed by atoms with E-state index >= 15 is 0 Å². The van der Waals surface area contributed by atoms with Crippen LogP contribution in [-0.2, 0) is 6.54 Å². The molecule has 0 spiro atoms. The normalized spacial score (nSPS) is 16.7. The van der Waals surface area contributed by atoms with E-state index in [4.69, 9.17) is 16.6 Å². The molecule has 2 aliphatic rings. The van der Waals surface area contributed by atoms with E-state index < -0.39 is 0 Å². The van der Waals surface area contributed by atoms with Gasteiger partial charge in [-0.05, 0) is 78.4 Å². The number of amides is 1. The van der Waals surface area contributed by atoms with Crippen molar-refractivity contribution in [3.05, 3.63) is 107 Å². The Balaban J connectivity index is 1.23. The summed E-state index contributed by atoms with van der Waals surface area (Å²) in [6.45, 7) is 5.38. The largest absolute Gasteiger partial charge is 0.367 e. The lowest BCUT2D eigenvalue weighted by Crippen LogP contribution is -2.34. The molecule has 6 rings (SSSR count). The molecule has 4 heterocycles. The summed E-state index contributed by atoms with van der Waals surface area (Å²) in [7, 11) is 0. The molecule has 7 heteroatoms. The third-order valence-corrected chi connectivity index (χ3v) is 7.84. The van der Waals surface area contributed by atoms with Crippen LogP contribution in [0.2, 0.25) is 5.02 Å². The molecular weight excluding hydrogens is 494 g/mol. The molecule has 4 aromatic rings. The molecule has 0 radical (unpaired) electrons. The fourth-order valence-electron chi connectivity index (χ4n) is 5.50. The molecule has 1 atom stereocenters. The van der Waals surface area contributed by atoms with Crippen LogP contribution in [0.1, 0.15) is 45.9 Å². The molecule has 6 nitrogen and oxygen atoms in total. The number of halogens is 1. The van der Waals surface area contributed by atoms with Gasteiger partial charge in [0, 0.05) is 60.9 Å². The van der Waals surface area contributed by atoms with E-state index in [2.05, 4.69) is 40.3 Å². The zero-order chi connectivity index (χ0) is 26.1. The minimum Gasteiger partial charge on any atom is -0.367 e. The Morgan fingerprint density at radius 1 is 1.05 bits per heavy atom. The van der Waals surface area contributed by atoms with Crippen LogP contribution in [0.25, 0.3) is 11.1 Å². The van der Waals surface area contributed by atoms with E-state index in [0.29, 0.717) is 5.56 Å². The van der Waals surface area contributed by atoms with Gasteiger partial charge < -0.3 is 15.1 Å². The number of likely N-dealkylation sites (tertiary alicyclic amines) is 1. The number of nitrogens with one attached hydrogen (secondary N) is 1. The number of rotatable bonds is 5. The number of fused-ring (bicyclic) bond motifs is 1. The maximum Gasteiger partial charge on any atom is 0.254 e. The van der Waals surface area contributed by atoms with Gasteiger partial charge in [-0.1, -0.05) is 35.9 Å². The molecule has 1 fully saturated rings. The van der Waals surface area contributed by atoms with E-state index in [0.717, 1.165) is 72.2 Å². The summed E-state index contributed by atoms with van der Waals surface area (Å²) in [5.74, 6) is 0.959. The van der Waals surface area contributed by atoms with Gasteiger partial charge >= 0.3 is 0 Å². The third-order valence-electron chi connectivity index (χ3n) is 7.60. The van der Waals surface area contributed by atoms with Crippen LogP contribution in [0.5, 0.6) is 0 Å². The molecular formula is C31H30ClN5O. The fourth-order valence-corrected chi connectivity index (χ4v) is 5.69. The van der Waals surface area contributed by atoms with Crippen LogP contribution in [0.3, 0.4) is 0 Å². The summed E-state index contributed by atoms with van der Waals surface area (Å²) in [4.78, 5) is 26.7. The summed E-state index contributed by atoms with van der Waals surface area (Å²) in [6.07, 6.45) is 7.51. The van der Waals surface area contributed by atoms with Gasteiger partial charge in [-0.3, -0.25) is 9.78 Å². The first-order valence-electron chi connectivity index (χ1n) is 13.1. The topological polar surface area (TPSA) is 61.4 Å². The van der Waals surface area contributed by atoms with Crippen LogP contribution in [0.4, 0.5) is 11.5 Å². The molecule has 1 amide bonds. The highest BCUT2D eigenvalue weighted by Gasteiger charge is 2.30. The van der Waals surface area contributed by atoms with Crippen LogP contribution < -0.4 is 10.2 Å². The number of hydrogen-bond acceptors (Lipinski definition) is 5. The molecule has 2 aliphatic heterocycles. The number of carbonyl (C=O) groups is 1. The monoisotopic (exact) mass is 523 g/mol. The minimum atomic E-state index is 0.0683. The average molecular weight is 524 g/mol. The van der Waals surface area contributed by atoms with Crippen molar-refractivity contribution in [2.75, 3.05) is 29.9 Å². The van der Waals surface area contributed by atoms with E-state index in [9.17, 15) is 4.79 Å². The van der Waals surface area contributed by atoms with E-state index in [-0.39, 0.29) is 11.9 Å². The zero-order valence-corrected chi connectivity index (χ0v) is 22.2.